The molecule has 17 heavy (non-hydrogen) atoms. The number of Topliss-reactive ketones (excluding diaryl/α,β-unsaturated/α-hetero) is 1. The highest BCUT2D eigenvalue weighted by Crippen LogP contribution is 2.28. The van der Waals surface area contributed by atoms with Gasteiger partial charge in [0.05, 0.1) is 11.3 Å². The molecule has 0 radical (unpaired) electrons. The number of nitrogens with zero attached hydrogens (tertiary/aromatic N) is 1. The zero-order valence-electron chi connectivity index (χ0n) is 9.45. The predicted octanol–water partition coefficient (Wildman–Crippen LogP) is 4.05. The number of aryl methyl sites for hydroxylation is 1. The molecule has 1 N–H and O–H groups in total. The van der Waals surface area contributed by atoms with Crippen LogP contribution in [0.4, 0.5) is 10.7 Å². The summed E-state index contributed by atoms with van der Waals surface area (Å²) >= 11 is 7.10. The number of aromatic nitrogens is 1. The van der Waals surface area contributed by atoms with Crippen molar-refractivity contribution in [3.8, 4) is 0 Å². The van der Waals surface area contributed by atoms with Gasteiger partial charge >= 0.3 is 0 Å². The minimum Gasteiger partial charge on any atom is -0.345 e. The standard InChI is InChI=1S/C12H11ClN2OS/c1-7-11(8(2)16)12(17-15-7)14-10-5-3-9(13)4-6-10/h3-6,14H,1-2H3. The maximum atomic E-state index is 11.5. The van der Waals surface area contributed by atoms with Crippen LogP contribution in [0.3, 0.4) is 0 Å². The van der Waals surface area contributed by atoms with Crippen LogP contribution in [-0.4, -0.2) is 10.2 Å². The zero-order chi connectivity index (χ0) is 12.4. The van der Waals surface area contributed by atoms with Gasteiger partial charge in [-0.15, -0.1) is 0 Å². The van der Waals surface area contributed by atoms with Crippen molar-refractivity contribution in [3.05, 3.63) is 40.5 Å². The number of ketones is 1. The van der Waals surface area contributed by atoms with E-state index in [0.29, 0.717) is 10.6 Å². The highest BCUT2D eigenvalue weighted by molar-refractivity contribution is 7.10. The molecule has 0 spiro atoms. The second-order valence-electron chi connectivity index (χ2n) is 3.66. The molecule has 3 nitrogen and oxygen atoms in total. The number of halogens is 1. The van der Waals surface area contributed by atoms with E-state index in [-0.39, 0.29) is 5.78 Å². The smallest absolute Gasteiger partial charge is 0.164 e. The summed E-state index contributed by atoms with van der Waals surface area (Å²) < 4.78 is 4.18. The molecule has 0 aliphatic heterocycles. The van der Waals surface area contributed by atoms with E-state index in [2.05, 4.69) is 9.69 Å². The van der Waals surface area contributed by atoms with Gasteiger partial charge < -0.3 is 5.32 Å². The van der Waals surface area contributed by atoms with Gasteiger partial charge in [-0.2, -0.15) is 4.37 Å². The van der Waals surface area contributed by atoms with Crippen molar-refractivity contribution in [1.82, 2.24) is 4.37 Å². The summed E-state index contributed by atoms with van der Waals surface area (Å²) in [5.41, 5.74) is 2.31. The van der Waals surface area contributed by atoms with Crippen LogP contribution in [0.1, 0.15) is 23.0 Å². The molecule has 0 amide bonds. The van der Waals surface area contributed by atoms with E-state index < -0.39 is 0 Å². The number of hydrogen-bond acceptors (Lipinski definition) is 4. The molecule has 0 atom stereocenters. The molecule has 2 rings (SSSR count). The van der Waals surface area contributed by atoms with E-state index >= 15 is 0 Å². The van der Waals surface area contributed by atoms with E-state index in [9.17, 15) is 4.79 Å². The molecular weight excluding hydrogens is 256 g/mol. The Morgan fingerprint density at radius 3 is 2.59 bits per heavy atom. The van der Waals surface area contributed by atoms with Crippen molar-refractivity contribution in [3.63, 3.8) is 0 Å². The van der Waals surface area contributed by atoms with Crippen molar-refractivity contribution in [2.75, 3.05) is 5.32 Å². The summed E-state index contributed by atoms with van der Waals surface area (Å²) in [4.78, 5) is 11.5. The van der Waals surface area contributed by atoms with Crippen LogP contribution in [0.25, 0.3) is 0 Å². The fraction of sp³-hybridized carbons (Fsp3) is 0.167. The van der Waals surface area contributed by atoms with Gasteiger partial charge in [-0.05, 0) is 49.6 Å². The molecular formula is C12H11ClN2OS. The Balaban J connectivity index is 2.30. The second-order valence-corrected chi connectivity index (χ2v) is 4.87. The van der Waals surface area contributed by atoms with Gasteiger partial charge in [-0.25, -0.2) is 0 Å². The van der Waals surface area contributed by atoms with Gasteiger partial charge in [-0.3, -0.25) is 4.79 Å². The molecule has 0 aliphatic carbocycles. The zero-order valence-corrected chi connectivity index (χ0v) is 11.0. The number of anilines is 2. The molecule has 88 valence electrons. The highest BCUT2D eigenvalue weighted by atomic mass is 35.5. The van der Waals surface area contributed by atoms with Gasteiger partial charge in [0.1, 0.15) is 5.00 Å². The summed E-state index contributed by atoms with van der Waals surface area (Å²) in [6, 6.07) is 7.32. The Morgan fingerprint density at radius 2 is 2.00 bits per heavy atom. The van der Waals surface area contributed by atoms with Crippen molar-refractivity contribution in [2.45, 2.75) is 13.8 Å². The molecule has 1 heterocycles. The Bertz CT molecular complexity index is 548. The van der Waals surface area contributed by atoms with Crippen LogP contribution in [0, 0.1) is 6.92 Å². The quantitative estimate of drug-likeness (QED) is 0.852. The first kappa shape index (κ1) is 12.1. The van der Waals surface area contributed by atoms with Gasteiger partial charge in [0.25, 0.3) is 0 Å². The SMILES string of the molecule is CC(=O)c1c(C)nsc1Nc1ccc(Cl)cc1. The summed E-state index contributed by atoms with van der Waals surface area (Å²) in [5.74, 6) is 0.0210. The number of nitrogens with one attached hydrogen (secondary N) is 1. The topological polar surface area (TPSA) is 42.0 Å². The Hall–Kier alpha value is -1.39. The molecule has 0 fully saturated rings. The lowest BCUT2D eigenvalue weighted by molar-refractivity contribution is 0.101. The average molecular weight is 267 g/mol. The van der Waals surface area contributed by atoms with Crippen LogP contribution in [-0.2, 0) is 0 Å². The first-order valence-corrected chi connectivity index (χ1v) is 6.23. The number of carbonyl (C=O) groups is 1. The fourth-order valence-electron chi connectivity index (χ4n) is 1.53. The average Bonchev–Trinajstić information content (AvgIpc) is 2.63. The lowest BCUT2D eigenvalue weighted by Crippen LogP contribution is -1.98. The minimum atomic E-state index is 0.0210. The van der Waals surface area contributed by atoms with Crippen LogP contribution in [0.15, 0.2) is 24.3 Å². The summed E-state index contributed by atoms with van der Waals surface area (Å²) in [6.45, 7) is 3.38. The third kappa shape index (κ3) is 2.65. The molecule has 0 saturated carbocycles. The molecule has 1 aromatic heterocycles. The summed E-state index contributed by atoms with van der Waals surface area (Å²) in [5, 5.41) is 4.64. The van der Waals surface area contributed by atoms with Crippen molar-refractivity contribution in [1.29, 1.82) is 0 Å². The van der Waals surface area contributed by atoms with Crippen LogP contribution < -0.4 is 5.32 Å². The molecule has 0 saturated heterocycles. The van der Waals surface area contributed by atoms with E-state index in [1.807, 2.05) is 19.1 Å². The third-order valence-corrected chi connectivity index (χ3v) is 3.42. The van der Waals surface area contributed by atoms with E-state index in [1.54, 1.807) is 19.1 Å². The molecule has 0 aliphatic rings. The number of carbonyl (C=O) groups excluding carboxylic acids is 1. The lowest BCUT2D eigenvalue weighted by Gasteiger charge is -2.05. The van der Waals surface area contributed by atoms with Crippen LogP contribution in [0.2, 0.25) is 5.02 Å². The Kier molecular flexibility index (Phi) is 3.45. The monoisotopic (exact) mass is 266 g/mol. The predicted molar refractivity (Wildman–Crippen MR) is 71.6 cm³/mol. The Labute approximate surface area is 109 Å². The van der Waals surface area contributed by atoms with E-state index in [0.717, 1.165) is 16.4 Å². The van der Waals surface area contributed by atoms with Gasteiger partial charge in [0, 0.05) is 10.7 Å². The first-order valence-electron chi connectivity index (χ1n) is 5.07. The maximum Gasteiger partial charge on any atom is 0.164 e. The van der Waals surface area contributed by atoms with Crippen molar-refractivity contribution in [2.24, 2.45) is 0 Å². The third-order valence-electron chi connectivity index (χ3n) is 2.32. The van der Waals surface area contributed by atoms with Gasteiger partial charge in [0.15, 0.2) is 5.78 Å². The fourth-order valence-corrected chi connectivity index (χ4v) is 2.53. The van der Waals surface area contributed by atoms with Gasteiger partial charge in [-0.1, -0.05) is 11.6 Å². The minimum absolute atomic E-state index is 0.0210. The second kappa shape index (κ2) is 4.85. The van der Waals surface area contributed by atoms with Crippen LogP contribution >= 0.6 is 23.1 Å². The number of hydrogen-bond donors (Lipinski definition) is 1. The van der Waals surface area contributed by atoms with Crippen molar-refractivity contribution < 1.29 is 4.79 Å². The Morgan fingerprint density at radius 1 is 1.35 bits per heavy atom. The van der Waals surface area contributed by atoms with E-state index in [1.165, 1.54) is 11.5 Å². The lowest BCUT2D eigenvalue weighted by atomic mass is 10.2. The van der Waals surface area contributed by atoms with E-state index in [4.69, 9.17) is 11.6 Å². The normalized spacial score (nSPS) is 10.3. The van der Waals surface area contributed by atoms with Crippen LogP contribution in [0.5, 0.6) is 0 Å². The number of benzene rings is 1. The van der Waals surface area contributed by atoms with Gasteiger partial charge in [0.2, 0.25) is 0 Å². The highest BCUT2D eigenvalue weighted by Gasteiger charge is 2.14. The molecule has 5 heteroatoms. The molecule has 0 bridgehead atoms. The summed E-state index contributed by atoms with van der Waals surface area (Å²) in [7, 11) is 0. The molecule has 1 aromatic carbocycles. The molecule has 2 aromatic rings. The summed E-state index contributed by atoms with van der Waals surface area (Å²) in [6.07, 6.45) is 0. The first-order chi connectivity index (χ1) is 8.08. The largest absolute Gasteiger partial charge is 0.345 e. The van der Waals surface area contributed by atoms with Crippen molar-refractivity contribution >= 4 is 39.6 Å². The molecule has 0 unspecified atom stereocenters. The maximum absolute atomic E-state index is 11.5. The number of rotatable bonds is 3.